The Bertz CT molecular complexity index is 500. The van der Waals surface area contributed by atoms with Gasteiger partial charge >= 0.3 is 0 Å². The summed E-state index contributed by atoms with van der Waals surface area (Å²) in [5.74, 6) is 0.453. The lowest BCUT2D eigenvalue weighted by Crippen LogP contribution is -2.59. The molecule has 1 saturated carbocycles. The average Bonchev–Trinajstić information content (AvgIpc) is 3.50. The monoisotopic (exact) mass is 364 g/mol. The van der Waals surface area contributed by atoms with Crippen LogP contribution in [0.3, 0.4) is 0 Å². The van der Waals surface area contributed by atoms with Gasteiger partial charge < -0.3 is 10.2 Å². The van der Waals surface area contributed by atoms with Gasteiger partial charge in [-0.15, -0.1) is 0 Å². The third kappa shape index (κ3) is 4.58. The van der Waals surface area contributed by atoms with Gasteiger partial charge in [0.1, 0.15) is 0 Å². The van der Waals surface area contributed by atoms with Crippen molar-refractivity contribution in [1.82, 2.24) is 20.0 Å². The number of piperidine rings is 1. The van der Waals surface area contributed by atoms with Crippen molar-refractivity contribution >= 4 is 11.8 Å². The second-order valence-electron chi connectivity index (χ2n) is 8.30. The van der Waals surface area contributed by atoms with E-state index in [1.165, 1.54) is 6.42 Å². The molecule has 0 radical (unpaired) electrons. The lowest BCUT2D eigenvalue weighted by Gasteiger charge is -2.43. The number of nitrogens with one attached hydrogen (secondary N) is 1. The van der Waals surface area contributed by atoms with Crippen molar-refractivity contribution in [2.45, 2.75) is 83.5 Å². The van der Waals surface area contributed by atoms with Gasteiger partial charge in [0.15, 0.2) is 0 Å². The van der Waals surface area contributed by atoms with Gasteiger partial charge in [-0.3, -0.25) is 19.4 Å². The molecular formula is C20H36N4O2. The summed E-state index contributed by atoms with van der Waals surface area (Å²) in [4.78, 5) is 32.0. The van der Waals surface area contributed by atoms with Crippen molar-refractivity contribution in [3.8, 4) is 0 Å². The molecule has 0 aromatic rings. The number of amides is 2. The zero-order chi connectivity index (χ0) is 18.7. The second-order valence-corrected chi connectivity index (χ2v) is 8.30. The number of rotatable bonds is 6. The first kappa shape index (κ1) is 19.6. The fraction of sp³-hybridized carbons (Fsp3) is 0.900. The molecule has 2 amide bonds. The van der Waals surface area contributed by atoms with Crippen LogP contribution in [0.5, 0.6) is 0 Å². The predicted octanol–water partition coefficient (Wildman–Crippen LogP) is 1.45. The van der Waals surface area contributed by atoms with Crippen molar-refractivity contribution in [2.24, 2.45) is 0 Å². The maximum atomic E-state index is 13.0. The summed E-state index contributed by atoms with van der Waals surface area (Å²) in [5.41, 5.74) is 0. The first-order valence-electron chi connectivity index (χ1n) is 10.6. The number of likely N-dealkylation sites (tertiary alicyclic amines) is 1. The van der Waals surface area contributed by atoms with Crippen LogP contribution in [0, 0.1) is 0 Å². The van der Waals surface area contributed by atoms with Gasteiger partial charge in [-0.25, -0.2) is 0 Å². The van der Waals surface area contributed by atoms with E-state index in [9.17, 15) is 9.59 Å². The molecule has 26 heavy (non-hydrogen) atoms. The van der Waals surface area contributed by atoms with Crippen LogP contribution in [0.2, 0.25) is 0 Å². The molecule has 2 saturated heterocycles. The van der Waals surface area contributed by atoms with E-state index < -0.39 is 0 Å². The number of nitrogens with zero attached hydrogens (tertiary/aromatic N) is 3. The first-order chi connectivity index (χ1) is 12.5. The molecule has 3 fully saturated rings. The van der Waals surface area contributed by atoms with Gasteiger partial charge in [-0.2, -0.15) is 0 Å². The summed E-state index contributed by atoms with van der Waals surface area (Å²) < 4.78 is 0. The van der Waals surface area contributed by atoms with Crippen LogP contribution in [-0.4, -0.2) is 83.4 Å². The van der Waals surface area contributed by atoms with Crippen LogP contribution in [0.1, 0.15) is 59.3 Å². The second kappa shape index (κ2) is 8.70. The fourth-order valence-corrected chi connectivity index (χ4v) is 4.34. The number of hydrogen-bond acceptors (Lipinski definition) is 4. The van der Waals surface area contributed by atoms with Gasteiger partial charge in [0.25, 0.3) is 0 Å². The quantitative estimate of drug-likeness (QED) is 0.775. The van der Waals surface area contributed by atoms with E-state index in [1.54, 1.807) is 0 Å². The van der Waals surface area contributed by atoms with Crippen molar-refractivity contribution in [1.29, 1.82) is 0 Å². The molecule has 3 aliphatic rings. The Morgan fingerprint density at radius 3 is 2.12 bits per heavy atom. The molecule has 3 unspecified atom stereocenters. The van der Waals surface area contributed by atoms with Gasteiger partial charge in [0.2, 0.25) is 11.8 Å². The minimum atomic E-state index is -0.0738. The van der Waals surface area contributed by atoms with Gasteiger partial charge in [0, 0.05) is 44.8 Å². The van der Waals surface area contributed by atoms with Gasteiger partial charge in [-0.1, -0.05) is 6.92 Å². The van der Waals surface area contributed by atoms with E-state index in [4.69, 9.17) is 0 Å². The van der Waals surface area contributed by atoms with E-state index in [1.807, 2.05) is 6.92 Å². The standard InChI is InChI=1S/C20H36N4O2/c1-4-18-7-5-6-10-24(18)20(26)16(3)23-13-11-22(12-14-23)15(2)19(25)21-17-8-9-17/h15-18H,4-14H2,1-3H3,(H,21,25). The van der Waals surface area contributed by atoms with Crippen LogP contribution in [0.25, 0.3) is 0 Å². The van der Waals surface area contributed by atoms with Crippen LogP contribution < -0.4 is 5.32 Å². The molecule has 0 bridgehead atoms. The molecule has 3 atom stereocenters. The Morgan fingerprint density at radius 2 is 1.54 bits per heavy atom. The molecule has 148 valence electrons. The molecule has 0 aromatic carbocycles. The Labute approximate surface area is 158 Å². The van der Waals surface area contributed by atoms with Crippen molar-refractivity contribution in [3.63, 3.8) is 0 Å². The lowest BCUT2D eigenvalue weighted by atomic mass is 9.99. The van der Waals surface area contributed by atoms with E-state index >= 15 is 0 Å². The molecule has 2 aliphatic heterocycles. The topological polar surface area (TPSA) is 55.9 Å². The number of carbonyl (C=O) groups excluding carboxylic acids is 2. The molecule has 0 spiro atoms. The van der Waals surface area contributed by atoms with E-state index in [0.29, 0.717) is 18.0 Å². The molecule has 6 nitrogen and oxygen atoms in total. The van der Waals surface area contributed by atoms with Crippen LogP contribution in [-0.2, 0) is 9.59 Å². The Hall–Kier alpha value is -1.14. The minimum Gasteiger partial charge on any atom is -0.352 e. The van der Waals surface area contributed by atoms with Crippen molar-refractivity contribution in [3.05, 3.63) is 0 Å². The summed E-state index contributed by atoms with van der Waals surface area (Å²) >= 11 is 0. The van der Waals surface area contributed by atoms with Crippen molar-refractivity contribution in [2.75, 3.05) is 32.7 Å². The molecule has 0 aromatic heterocycles. The summed E-state index contributed by atoms with van der Waals surface area (Å²) in [6.07, 6.45) is 6.84. The summed E-state index contributed by atoms with van der Waals surface area (Å²) in [6.45, 7) is 10.6. The third-order valence-electron chi connectivity index (χ3n) is 6.49. The Kier molecular flexibility index (Phi) is 6.56. The third-order valence-corrected chi connectivity index (χ3v) is 6.49. The number of hydrogen-bond donors (Lipinski definition) is 1. The molecular weight excluding hydrogens is 328 g/mol. The highest BCUT2D eigenvalue weighted by molar-refractivity contribution is 5.82. The largest absolute Gasteiger partial charge is 0.352 e. The number of piperazine rings is 1. The highest BCUT2D eigenvalue weighted by Crippen LogP contribution is 2.22. The van der Waals surface area contributed by atoms with Crippen LogP contribution >= 0.6 is 0 Å². The normalized spacial score (nSPS) is 27.8. The minimum absolute atomic E-state index is 0.0557. The van der Waals surface area contributed by atoms with E-state index in [0.717, 1.165) is 64.8 Å². The predicted molar refractivity (Wildman–Crippen MR) is 103 cm³/mol. The van der Waals surface area contributed by atoms with Crippen molar-refractivity contribution < 1.29 is 9.59 Å². The Balaban J connectivity index is 1.48. The Morgan fingerprint density at radius 1 is 0.923 bits per heavy atom. The van der Waals surface area contributed by atoms with Gasteiger partial charge in [-0.05, 0) is 52.4 Å². The van der Waals surface area contributed by atoms with Crippen LogP contribution in [0.15, 0.2) is 0 Å². The SMILES string of the molecule is CCC1CCCCN1C(=O)C(C)N1CCN(C(C)C(=O)NC2CC2)CC1. The summed E-state index contributed by atoms with van der Waals surface area (Å²) in [5, 5.41) is 3.10. The lowest BCUT2D eigenvalue weighted by molar-refractivity contribution is -0.141. The number of carbonyl (C=O) groups is 2. The van der Waals surface area contributed by atoms with E-state index in [-0.39, 0.29) is 18.0 Å². The molecule has 3 rings (SSSR count). The smallest absolute Gasteiger partial charge is 0.239 e. The highest BCUT2D eigenvalue weighted by Gasteiger charge is 2.34. The summed E-state index contributed by atoms with van der Waals surface area (Å²) in [7, 11) is 0. The fourth-order valence-electron chi connectivity index (χ4n) is 4.34. The molecule has 1 N–H and O–H groups in total. The highest BCUT2D eigenvalue weighted by atomic mass is 16.2. The first-order valence-corrected chi connectivity index (χ1v) is 10.6. The molecule has 2 heterocycles. The maximum absolute atomic E-state index is 13.0. The van der Waals surface area contributed by atoms with Crippen LogP contribution in [0.4, 0.5) is 0 Å². The zero-order valence-electron chi connectivity index (χ0n) is 16.7. The molecule has 1 aliphatic carbocycles. The zero-order valence-corrected chi connectivity index (χ0v) is 16.7. The average molecular weight is 365 g/mol. The van der Waals surface area contributed by atoms with Gasteiger partial charge in [0.05, 0.1) is 12.1 Å². The van der Waals surface area contributed by atoms with E-state index in [2.05, 4.69) is 33.9 Å². The maximum Gasteiger partial charge on any atom is 0.239 e. The molecule has 6 heteroatoms. The summed E-state index contributed by atoms with van der Waals surface area (Å²) in [6, 6.07) is 0.710.